The molecule has 2 aromatic rings. The normalized spacial score (nSPS) is 11.4. The van der Waals surface area contributed by atoms with Crippen LogP contribution in [0.4, 0.5) is 15.8 Å². The molecular weight excluding hydrogens is 383 g/mol. The first-order chi connectivity index (χ1) is 9.70. The van der Waals surface area contributed by atoms with Gasteiger partial charge in [-0.3, -0.25) is 4.72 Å². The fourth-order valence-corrected chi connectivity index (χ4v) is 4.12. The lowest BCUT2D eigenvalue weighted by atomic mass is 10.2. The number of hydrogen-bond donors (Lipinski definition) is 2. The molecule has 0 radical (unpaired) electrons. The zero-order chi connectivity index (χ0) is 15.8. The molecule has 2 rings (SSSR count). The number of anilines is 2. The van der Waals surface area contributed by atoms with E-state index in [4.69, 9.17) is 17.3 Å². The van der Waals surface area contributed by atoms with Gasteiger partial charge in [-0.2, -0.15) is 0 Å². The molecule has 0 saturated carbocycles. The third kappa shape index (κ3) is 3.48. The van der Waals surface area contributed by atoms with Crippen molar-refractivity contribution in [2.45, 2.75) is 11.8 Å². The summed E-state index contributed by atoms with van der Waals surface area (Å²) in [4.78, 5) is -0.168. The minimum atomic E-state index is -3.95. The molecule has 0 aliphatic rings. The van der Waals surface area contributed by atoms with Gasteiger partial charge in [0, 0.05) is 4.47 Å². The van der Waals surface area contributed by atoms with Crippen molar-refractivity contribution in [1.29, 1.82) is 0 Å². The molecule has 3 N–H and O–H groups in total. The third-order valence-electron chi connectivity index (χ3n) is 2.71. The van der Waals surface area contributed by atoms with Gasteiger partial charge >= 0.3 is 0 Å². The van der Waals surface area contributed by atoms with Crippen molar-refractivity contribution in [3.8, 4) is 0 Å². The van der Waals surface area contributed by atoms with Crippen LogP contribution in [0.3, 0.4) is 0 Å². The first-order valence-electron chi connectivity index (χ1n) is 5.74. The molecule has 0 amide bonds. The van der Waals surface area contributed by atoms with E-state index in [-0.39, 0.29) is 25.8 Å². The minimum absolute atomic E-state index is 0.0740. The van der Waals surface area contributed by atoms with Crippen molar-refractivity contribution in [3.63, 3.8) is 0 Å². The second-order valence-electron chi connectivity index (χ2n) is 4.39. The largest absolute Gasteiger partial charge is 0.396 e. The summed E-state index contributed by atoms with van der Waals surface area (Å²) in [5.74, 6) is -0.700. The third-order valence-corrected chi connectivity index (χ3v) is 5.35. The van der Waals surface area contributed by atoms with Gasteiger partial charge in [-0.15, -0.1) is 0 Å². The van der Waals surface area contributed by atoms with Crippen LogP contribution >= 0.6 is 27.5 Å². The highest BCUT2D eigenvalue weighted by atomic mass is 79.9. The average Bonchev–Trinajstić information content (AvgIpc) is 2.37. The molecule has 0 aromatic heterocycles. The lowest BCUT2D eigenvalue weighted by molar-refractivity contribution is 0.599. The van der Waals surface area contributed by atoms with Crippen molar-refractivity contribution in [3.05, 3.63) is 51.2 Å². The van der Waals surface area contributed by atoms with Gasteiger partial charge in [0.1, 0.15) is 10.7 Å². The molecule has 4 nitrogen and oxygen atoms in total. The van der Waals surface area contributed by atoms with E-state index < -0.39 is 15.8 Å². The monoisotopic (exact) mass is 392 g/mol. The molecule has 112 valence electrons. The molecule has 2 aromatic carbocycles. The fraction of sp³-hybridized carbons (Fsp3) is 0.0769. The molecule has 0 aliphatic heterocycles. The molecule has 0 bridgehead atoms. The summed E-state index contributed by atoms with van der Waals surface area (Å²) in [6, 6.07) is 6.95. The summed E-state index contributed by atoms with van der Waals surface area (Å²) < 4.78 is 40.4. The number of sulfonamides is 1. The zero-order valence-corrected chi connectivity index (χ0v) is 14.0. The Morgan fingerprint density at radius 3 is 2.57 bits per heavy atom. The Kier molecular flexibility index (Phi) is 4.46. The summed E-state index contributed by atoms with van der Waals surface area (Å²) in [7, 11) is -3.95. The lowest BCUT2D eigenvalue weighted by Gasteiger charge is -2.12. The highest BCUT2D eigenvalue weighted by Gasteiger charge is 2.21. The summed E-state index contributed by atoms with van der Waals surface area (Å²) in [5, 5.41) is 0.268. The summed E-state index contributed by atoms with van der Waals surface area (Å²) in [6.07, 6.45) is 0. The maximum Gasteiger partial charge on any atom is 0.263 e. The van der Waals surface area contributed by atoms with Gasteiger partial charge in [0.05, 0.1) is 16.4 Å². The second-order valence-corrected chi connectivity index (χ2v) is 7.31. The van der Waals surface area contributed by atoms with Crippen LogP contribution in [0.5, 0.6) is 0 Å². The van der Waals surface area contributed by atoms with E-state index in [1.807, 2.05) is 6.92 Å². The molecule has 0 unspecified atom stereocenters. The lowest BCUT2D eigenvalue weighted by Crippen LogP contribution is -2.14. The van der Waals surface area contributed by atoms with E-state index in [0.717, 1.165) is 17.7 Å². The number of hydrogen-bond acceptors (Lipinski definition) is 3. The van der Waals surface area contributed by atoms with Gasteiger partial charge in [-0.25, -0.2) is 12.8 Å². The van der Waals surface area contributed by atoms with Gasteiger partial charge in [-0.1, -0.05) is 17.7 Å². The number of rotatable bonds is 3. The van der Waals surface area contributed by atoms with Crippen molar-refractivity contribution in [2.24, 2.45) is 0 Å². The minimum Gasteiger partial charge on any atom is -0.396 e. The van der Waals surface area contributed by atoms with Crippen LogP contribution in [0.1, 0.15) is 5.56 Å². The molecular formula is C13H11BrClFN2O2S. The molecule has 0 fully saturated rings. The molecule has 21 heavy (non-hydrogen) atoms. The highest BCUT2D eigenvalue weighted by Crippen LogP contribution is 2.30. The van der Waals surface area contributed by atoms with Crippen LogP contribution in [-0.4, -0.2) is 8.42 Å². The Labute approximate surface area is 135 Å². The predicted octanol–water partition coefficient (Wildman–Crippen LogP) is 3.93. The molecule has 8 heteroatoms. The van der Waals surface area contributed by atoms with Gasteiger partial charge in [0.2, 0.25) is 0 Å². The summed E-state index contributed by atoms with van der Waals surface area (Å²) >= 11 is 9.01. The van der Waals surface area contributed by atoms with Crippen LogP contribution < -0.4 is 10.5 Å². The number of aryl methyl sites for hydroxylation is 1. The van der Waals surface area contributed by atoms with Gasteiger partial charge < -0.3 is 5.73 Å². The quantitative estimate of drug-likeness (QED) is 0.776. The number of halogens is 3. The summed E-state index contributed by atoms with van der Waals surface area (Å²) in [5.41, 5.74) is 6.29. The van der Waals surface area contributed by atoms with Gasteiger partial charge in [0.25, 0.3) is 10.0 Å². The molecule has 0 atom stereocenters. The Balaban J connectivity index is 2.46. The van der Waals surface area contributed by atoms with Gasteiger partial charge in [0.15, 0.2) is 0 Å². The van der Waals surface area contributed by atoms with Crippen LogP contribution in [0.25, 0.3) is 0 Å². The van der Waals surface area contributed by atoms with Crippen LogP contribution in [0.15, 0.2) is 39.7 Å². The summed E-state index contributed by atoms with van der Waals surface area (Å²) in [6.45, 7) is 1.83. The van der Waals surface area contributed by atoms with Crippen LogP contribution in [-0.2, 0) is 10.0 Å². The highest BCUT2D eigenvalue weighted by molar-refractivity contribution is 9.10. The van der Waals surface area contributed by atoms with Crippen LogP contribution in [0.2, 0.25) is 5.02 Å². The zero-order valence-electron chi connectivity index (χ0n) is 10.8. The maximum atomic E-state index is 13.3. The van der Waals surface area contributed by atoms with E-state index in [9.17, 15) is 12.8 Å². The SMILES string of the molecule is Cc1ccc(NS(=O)(=O)c2cc(N)c(F)cc2Br)c(Cl)c1. The first-order valence-corrected chi connectivity index (χ1v) is 8.39. The maximum absolute atomic E-state index is 13.3. The van der Waals surface area contributed by atoms with Crippen molar-refractivity contribution >= 4 is 48.9 Å². The number of nitrogens with two attached hydrogens (primary N) is 1. The Bertz CT molecular complexity index is 812. The number of nitrogen functional groups attached to an aromatic ring is 1. The van der Waals surface area contributed by atoms with Crippen LogP contribution in [0, 0.1) is 12.7 Å². The van der Waals surface area contributed by atoms with E-state index >= 15 is 0 Å². The molecule has 0 aliphatic carbocycles. The van der Waals surface area contributed by atoms with Gasteiger partial charge in [-0.05, 0) is 52.7 Å². The van der Waals surface area contributed by atoms with Crippen molar-refractivity contribution in [1.82, 2.24) is 0 Å². The topological polar surface area (TPSA) is 72.2 Å². The predicted molar refractivity (Wildman–Crippen MR) is 85.5 cm³/mol. The Morgan fingerprint density at radius 1 is 1.29 bits per heavy atom. The average molecular weight is 394 g/mol. The molecule has 0 spiro atoms. The second kappa shape index (κ2) is 5.82. The van der Waals surface area contributed by atoms with E-state index in [1.165, 1.54) is 0 Å². The molecule has 0 saturated heterocycles. The van der Waals surface area contributed by atoms with E-state index in [2.05, 4.69) is 20.7 Å². The fourth-order valence-electron chi connectivity index (χ4n) is 1.65. The van der Waals surface area contributed by atoms with Crippen molar-refractivity contribution < 1.29 is 12.8 Å². The molecule has 0 heterocycles. The standard InChI is InChI=1S/C13H11BrClFN2O2S/c1-7-2-3-12(9(15)4-7)18-21(19,20)13-6-11(17)10(16)5-8(13)14/h2-6,18H,17H2,1H3. The van der Waals surface area contributed by atoms with Crippen molar-refractivity contribution in [2.75, 3.05) is 10.5 Å². The van der Waals surface area contributed by atoms with E-state index in [1.54, 1.807) is 18.2 Å². The Hall–Kier alpha value is -1.31. The van der Waals surface area contributed by atoms with E-state index in [0.29, 0.717) is 0 Å². The number of benzene rings is 2. The number of nitrogens with one attached hydrogen (secondary N) is 1. The Morgan fingerprint density at radius 2 is 1.95 bits per heavy atom. The smallest absolute Gasteiger partial charge is 0.263 e. The first kappa shape index (κ1) is 16.1.